The van der Waals surface area contributed by atoms with Gasteiger partial charge >= 0.3 is 7.82 Å². The van der Waals surface area contributed by atoms with Crippen molar-refractivity contribution < 1.29 is 28.5 Å². The van der Waals surface area contributed by atoms with Crippen LogP contribution < -0.4 is 5.73 Å². The first-order chi connectivity index (χ1) is 14.6. The van der Waals surface area contributed by atoms with Gasteiger partial charge in [-0.05, 0) is 20.3 Å². The largest absolute Gasteiger partial charge is 0.469 e. The third-order valence-corrected chi connectivity index (χ3v) is 6.40. The van der Waals surface area contributed by atoms with Gasteiger partial charge in [-0.15, -0.1) is 0 Å². The lowest BCUT2D eigenvalue weighted by Gasteiger charge is -2.31. The van der Waals surface area contributed by atoms with E-state index in [0.29, 0.717) is 23.4 Å². The van der Waals surface area contributed by atoms with E-state index in [4.69, 9.17) is 15.5 Å². The summed E-state index contributed by atoms with van der Waals surface area (Å²) in [7, 11) is -4.65. The van der Waals surface area contributed by atoms with Gasteiger partial charge in [0.05, 0.1) is 13.2 Å². The molecule has 0 aliphatic heterocycles. The number of aromatic nitrogens is 2. The number of amides is 1. The zero-order valence-electron chi connectivity index (χ0n) is 17.1. The van der Waals surface area contributed by atoms with Gasteiger partial charge in [0.2, 0.25) is 11.5 Å². The maximum atomic E-state index is 12.7. The normalized spacial score (nSPS) is 13.4. The van der Waals surface area contributed by atoms with Crippen LogP contribution >= 0.6 is 19.6 Å². The first-order valence-electron chi connectivity index (χ1n) is 9.36. The van der Waals surface area contributed by atoms with E-state index in [2.05, 4.69) is 14.5 Å². The fourth-order valence-electron chi connectivity index (χ4n) is 2.79. The topological polar surface area (TPSA) is 156 Å². The number of phosphoric ester groups is 1. The second-order valence-corrected chi connectivity index (χ2v) is 9.22. The molecule has 0 saturated carbocycles. The summed E-state index contributed by atoms with van der Waals surface area (Å²) in [5.41, 5.74) is 6.96. The van der Waals surface area contributed by atoms with Crippen LogP contribution in [0.25, 0.3) is 0 Å². The van der Waals surface area contributed by atoms with E-state index in [9.17, 15) is 14.2 Å². The molecule has 1 aromatic heterocycles. The van der Waals surface area contributed by atoms with Gasteiger partial charge < -0.3 is 20.4 Å². The molecule has 2 aromatic rings. The minimum absolute atomic E-state index is 0.118. The van der Waals surface area contributed by atoms with Gasteiger partial charge in [0.1, 0.15) is 11.6 Å². The molecule has 0 spiro atoms. The number of anilines is 1. The summed E-state index contributed by atoms with van der Waals surface area (Å²) in [5, 5.41) is -0.727. The Hall–Kier alpha value is -2.30. The molecule has 2 atom stereocenters. The molecule has 1 amide bonds. The molecule has 0 aliphatic rings. The van der Waals surface area contributed by atoms with Crippen molar-refractivity contribution in [1.82, 2.24) is 14.9 Å². The number of thioether (sulfide) groups is 1. The average Bonchev–Trinajstić information content (AvgIpc) is 2.71. The zero-order chi connectivity index (χ0) is 23.0. The molecule has 168 valence electrons. The second kappa shape index (κ2) is 11.4. The molecule has 4 N–H and O–H groups in total. The van der Waals surface area contributed by atoms with Crippen molar-refractivity contribution in [2.75, 3.05) is 12.3 Å². The number of nitrogens with zero attached hydrogens (tertiary/aromatic N) is 3. The number of carbonyl (C=O) groups excluding carboxylic acids is 2. The van der Waals surface area contributed by atoms with Crippen molar-refractivity contribution in [2.45, 2.75) is 38.1 Å². The molecule has 0 radical (unpaired) electrons. The molecular formula is C19H25N4O6PS. The Morgan fingerprint density at radius 1 is 1.35 bits per heavy atom. The minimum Gasteiger partial charge on any atom is -0.383 e. The molecule has 2 rings (SSSR count). The standard InChI is InChI=1S/C19H25N4O6PS/c1-13(23(12-24)11-16-10-21-14(2)22-18(16)20)17(8-9-29-30(26,27)28)31-19(25)15-6-4-3-5-7-15/h3-7,10,12-13,17H,8-9,11H2,1-2H3,(H2,20,21,22)(H2,26,27,28). The van der Waals surface area contributed by atoms with Crippen LogP contribution in [-0.2, 0) is 20.4 Å². The van der Waals surface area contributed by atoms with Gasteiger partial charge in [-0.2, -0.15) is 0 Å². The molecule has 12 heteroatoms. The number of hydrogen-bond acceptors (Lipinski definition) is 8. The molecule has 0 bridgehead atoms. The molecule has 0 aliphatic carbocycles. The summed E-state index contributed by atoms with van der Waals surface area (Å²) >= 11 is 0.982. The first-order valence-corrected chi connectivity index (χ1v) is 11.8. The monoisotopic (exact) mass is 468 g/mol. The van der Waals surface area contributed by atoms with Crippen LogP contribution in [0.1, 0.15) is 35.1 Å². The molecule has 2 unspecified atom stereocenters. The number of nitrogens with two attached hydrogens (primary N) is 1. The van der Waals surface area contributed by atoms with E-state index < -0.39 is 19.1 Å². The molecule has 1 heterocycles. The highest BCUT2D eigenvalue weighted by Crippen LogP contribution is 2.37. The lowest BCUT2D eigenvalue weighted by Crippen LogP contribution is -2.40. The maximum absolute atomic E-state index is 12.7. The predicted octanol–water partition coefficient (Wildman–Crippen LogP) is 2.16. The highest BCUT2D eigenvalue weighted by atomic mass is 32.2. The Bertz CT molecular complexity index is 942. The van der Waals surface area contributed by atoms with E-state index in [1.54, 1.807) is 44.2 Å². The van der Waals surface area contributed by atoms with E-state index in [1.807, 2.05) is 0 Å². The summed E-state index contributed by atoms with van der Waals surface area (Å²) in [6.45, 7) is 3.28. The van der Waals surface area contributed by atoms with Gasteiger partial charge in [-0.1, -0.05) is 42.1 Å². The van der Waals surface area contributed by atoms with E-state index in [0.717, 1.165) is 11.8 Å². The van der Waals surface area contributed by atoms with E-state index in [1.165, 1.54) is 11.1 Å². The Morgan fingerprint density at radius 3 is 2.61 bits per heavy atom. The number of carbonyl (C=O) groups is 2. The quantitative estimate of drug-likeness (QED) is 0.330. The summed E-state index contributed by atoms with van der Waals surface area (Å²) in [4.78, 5) is 52.1. The van der Waals surface area contributed by atoms with Crippen LogP contribution in [0, 0.1) is 6.92 Å². The minimum atomic E-state index is -4.65. The lowest BCUT2D eigenvalue weighted by atomic mass is 10.1. The number of aryl methyl sites for hydroxylation is 1. The number of hydrogen-bond donors (Lipinski definition) is 3. The van der Waals surface area contributed by atoms with Gasteiger partial charge in [0, 0.05) is 28.6 Å². The Labute approximate surface area is 184 Å². The van der Waals surface area contributed by atoms with Crippen LogP contribution in [0.5, 0.6) is 0 Å². The number of rotatable bonds is 11. The predicted molar refractivity (Wildman–Crippen MR) is 117 cm³/mol. The molecular weight excluding hydrogens is 443 g/mol. The van der Waals surface area contributed by atoms with Gasteiger partial charge in [-0.3, -0.25) is 14.1 Å². The first kappa shape index (κ1) is 25.0. The fourth-order valence-corrected chi connectivity index (χ4v) is 4.25. The van der Waals surface area contributed by atoms with Crippen LogP contribution in [0.2, 0.25) is 0 Å². The van der Waals surface area contributed by atoms with Crippen molar-refractivity contribution in [2.24, 2.45) is 0 Å². The lowest BCUT2D eigenvalue weighted by molar-refractivity contribution is -0.120. The number of nitrogen functional groups attached to an aromatic ring is 1. The van der Waals surface area contributed by atoms with Crippen molar-refractivity contribution in [3.8, 4) is 0 Å². The summed E-state index contributed by atoms with van der Waals surface area (Å²) in [6.07, 6.45) is 2.29. The van der Waals surface area contributed by atoms with Crippen LogP contribution in [0.4, 0.5) is 5.82 Å². The van der Waals surface area contributed by atoms with Crippen LogP contribution in [-0.4, -0.2) is 54.1 Å². The third kappa shape index (κ3) is 8.04. The van der Waals surface area contributed by atoms with Crippen molar-refractivity contribution in [1.29, 1.82) is 0 Å². The van der Waals surface area contributed by atoms with E-state index >= 15 is 0 Å². The van der Waals surface area contributed by atoms with E-state index in [-0.39, 0.29) is 30.5 Å². The van der Waals surface area contributed by atoms with Crippen molar-refractivity contribution in [3.63, 3.8) is 0 Å². The Morgan fingerprint density at radius 2 is 2.03 bits per heavy atom. The summed E-state index contributed by atoms with van der Waals surface area (Å²) in [6, 6.07) is 8.12. The summed E-state index contributed by atoms with van der Waals surface area (Å²) in [5.74, 6) is 0.754. The Balaban J connectivity index is 2.18. The number of phosphoric acid groups is 1. The molecule has 31 heavy (non-hydrogen) atoms. The zero-order valence-corrected chi connectivity index (χ0v) is 18.8. The van der Waals surface area contributed by atoms with Gasteiger partial charge in [0.15, 0.2) is 0 Å². The molecule has 0 saturated heterocycles. The molecule has 1 aromatic carbocycles. The average molecular weight is 468 g/mol. The second-order valence-electron chi connectivity index (χ2n) is 6.77. The fraction of sp³-hybridized carbons (Fsp3) is 0.368. The maximum Gasteiger partial charge on any atom is 0.469 e. The Kier molecular flexibility index (Phi) is 9.15. The summed E-state index contributed by atoms with van der Waals surface area (Å²) < 4.78 is 15.6. The van der Waals surface area contributed by atoms with Crippen LogP contribution in [0.15, 0.2) is 36.5 Å². The number of benzene rings is 1. The smallest absolute Gasteiger partial charge is 0.383 e. The highest BCUT2D eigenvalue weighted by molar-refractivity contribution is 8.14. The molecule has 0 fully saturated rings. The highest BCUT2D eigenvalue weighted by Gasteiger charge is 2.28. The van der Waals surface area contributed by atoms with Crippen molar-refractivity contribution >= 4 is 36.9 Å². The van der Waals surface area contributed by atoms with Crippen molar-refractivity contribution in [3.05, 3.63) is 53.5 Å². The molecule has 10 nitrogen and oxygen atoms in total. The SMILES string of the molecule is Cc1ncc(CN(C=O)C(C)C(CCOP(=O)(O)O)SC(=O)c2ccccc2)c(N)n1. The van der Waals surface area contributed by atoms with Gasteiger partial charge in [0.25, 0.3) is 0 Å². The van der Waals surface area contributed by atoms with Crippen LogP contribution in [0.3, 0.4) is 0 Å². The van der Waals surface area contributed by atoms with Gasteiger partial charge in [-0.25, -0.2) is 14.5 Å². The third-order valence-electron chi connectivity index (χ3n) is 4.50.